The van der Waals surface area contributed by atoms with Crippen LogP contribution in [0.1, 0.15) is 45.4 Å². The van der Waals surface area contributed by atoms with E-state index in [1.54, 1.807) is 0 Å². The van der Waals surface area contributed by atoms with Gasteiger partial charge in [-0.3, -0.25) is 5.01 Å². The quantitative estimate of drug-likeness (QED) is 0.247. The summed E-state index contributed by atoms with van der Waals surface area (Å²) in [4.78, 5) is 0. The molecule has 3 nitrogen and oxygen atoms in total. The van der Waals surface area contributed by atoms with Gasteiger partial charge >= 0.3 is 0 Å². The Hall–Kier alpha value is -1.99. The van der Waals surface area contributed by atoms with Gasteiger partial charge in [-0.15, -0.1) is 11.7 Å². The van der Waals surface area contributed by atoms with Crippen LogP contribution in [0.15, 0.2) is 83.0 Å². The third-order valence-corrected chi connectivity index (χ3v) is 5.68. The Kier molecular flexibility index (Phi) is 10.4. The first kappa shape index (κ1) is 21.3. The van der Waals surface area contributed by atoms with E-state index < -0.39 is 0 Å². The van der Waals surface area contributed by atoms with Crippen molar-refractivity contribution in [2.45, 2.75) is 45.4 Å². The SMILES string of the molecule is C=CC/C(=C\C/C=C\C/C=C\C)Pc1ccc(N=NN2CCCCC2)cc1. The Morgan fingerprint density at radius 1 is 1.07 bits per heavy atom. The van der Waals surface area contributed by atoms with E-state index in [0.29, 0.717) is 8.58 Å². The van der Waals surface area contributed by atoms with Crippen molar-refractivity contribution in [2.75, 3.05) is 13.1 Å². The summed E-state index contributed by atoms with van der Waals surface area (Å²) in [5.74, 6) is 0. The van der Waals surface area contributed by atoms with Crippen molar-refractivity contribution in [1.29, 1.82) is 0 Å². The fraction of sp³-hybridized carbons (Fsp3) is 0.391. The Labute approximate surface area is 166 Å². The minimum Gasteiger partial charge on any atom is -0.278 e. The summed E-state index contributed by atoms with van der Waals surface area (Å²) in [6.07, 6.45) is 19.7. The monoisotopic (exact) mass is 381 g/mol. The highest BCUT2D eigenvalue weighted by atomic mass is 31.1. The van der Waals surface area contributed by atoms with Crippen LogP contribution in [0.25, 0.3) is 0 Å². The van der Waals surface area contributed by atoms with Gasteiger partial charge in [-0.2, -0.15) is 0 Å². The molecule has 1 atom stereocenters. The van der Waals surface area contributed by atoms with Crippen molar-refractivity contribution in [3.05, 3.63) is 72.6 Å². The summed E-state index contributed by atoms with van der Waals surface area (Å²) in [6, 6.07) is 8.47. The minimum absolute atomic E-state index is 0.677. The van der Waals surface area contributed by atoms with E-state index in [1.807, 2.05) is 6.08 Å². The van der Waals surface area contributed by atoms with Gasteiger partial charge in [0.25, 0.3) is 0 Å². The van der Waals surface area contributed by atoms with Crippen LogP contribution in [0, 0.1) is 0 Å². The Morgan fingerprint density at radius 2 is 1.81 bits per heavy atom. The van der Waals surface area contributed by atoms with E-state index >= 15 is 0 Å². The fourth-order valence-electron chi connectivity index (χ4n) is 2.84. The first-order valence-electron chi connectivity index (χ1n) is 9.91. The topological polar surface area (TPSA) is 28.0 Å². The Bertz CT molecular complexity index is 665. The Morgan fingerprint density at radius 3 is 2.52 bits per heavy atom. The normalized spacial score (nSPS) is 16.5. The molecular formula is C23H32N3P. The van der Waals surface area contributed by atoms with E-state index in [4.69, 9.17) is 0 Å². The highest BCUT2D eigenvalue weighted by Gasteiger charge is 2.07. The summed E-state index contributed by atoms with van der Waals surface area (Å²) >= 11 is 0. The van der Waals surface area contributed by atoms with Crippen molar-refractivity contribution in [1.82, 2.24) is 5.01 Å². The molecule has 4 heteroatoms. The molecular weight excluding hydrogens is 349 g/mol. The molecule has 1 aromatic rings. The highest BCUT2D eigenvalue weighted by molar-refractivity contribution is 7.51. The van der Waals surface area contributed by atoms with Crippen LogP contribution < -0.4 is 5.30 Å². The summed E-state index contributed by atoms with van der Waals surface area (Å²) in [6.45, 7) is 8.01. The van der Waals surface area contributed by atoms with E-state index in [0.717, 1.165) is 38.0 Å². The van der Waals surface area contributed by atoms with E-state index in [1.165, 1.54) is 29.9 Å². The maximum absolute atomic E-state index is 4.38. The van der Waals surface area contributed by atoms with Gasteiger partial charge in [0.2, 0.25) is 0 Å². The van der Waals surface area contributed by atoms with Crippen LogP contribution in [0.2, 0.25) is 0 Å². The third-order valence-electron chi connectivity index (χ3n) is 4.33. The zero-order valence-electron chi connectivity index (χ0n) is 16.5. The van der Waals surface area contributed by atoms with Crippen LogP contribution >= 0.6 is 8.58 Å². The fourth-order valence-corrected chi connectivity index (χ4v) is 4.01. The summed E-state index contributed by atoms with van der Waals surface area (Å²) in [5, 5.41) is 13.6. The molecule has 1 aliphatic rings. The van der Waals surface area contributed by atoms with Gasteiger partial charge in [0, 0.05) is 13.1 Å². The number of piperidine rings is 1. The first-order valence-corrected chi connectivity index (χ1v) is 10.9. The Balaban J connectivity index is 1.88. The van der Waals surface area contributed by atoms with Crippen molar-refractivity contribution in [3.63, 3.8) is 0 Å². The van der Waals surface area contributed by atoms with Crippen LogP contribution in [-0.4, -0.2) is 18.1 Å². The molecule has 0 spiro atoms. The molecule has 0 saturated carbocycles. The van der Waals surface area contributed by atoms with E-state index in [9.17, 15) is 0 Å². The molecule has 2 rings (SSSR count). The summed E-state index contributed by atoms with van der Waals surface area (Å²) in [5.41, 5.74) is 0.926. The van der Waals surface area contributed by atoms with Gasteiger partial charge in [0.15, 0.2) is 0 Å². The molecule has 1 saturated heterocycles. The van der Waals surface area contributed by atoms with Gasteiger partial charge in [0.1, 0.15) is 0 Å². The van der Waals surface area contributed by atoms with Gasteiger partial charge < -0.3 is 0 Å². The first-order chi connectivity index (χ1) is 13.3. The molecule has 0 amide bonds. The molecule has 0 aromatic heterocycles. The number of nitrogens with zero attached hydrogens (tertiary/aromatic N) is 3. The molecule has 0 bridgehead atoms. The molecule has 1 aromatic carbocycles. The summed E-state index contributed by atoms with van der Waals surface area (Å²) in [7, 11) is 0.677. The second kappa shape index (κ2) is 13.2. The summed E-state index contributed by atoms with van der Waals surface area (Å²) < 4.78 is 0. The van der Waals surface area contributed by atoms with E-state index in [2.05, 4.69) is 83.5 Å². The predicted molar refractivity (Wildman–Crippen MR) is 120 cm³/mol. The number of benzene rings is 1. The maximum atomic E-state index is 4.38. The number of hydrogen-bond acceptors (Lipinski definition) is 2. The average Bonchev–Trinajstić information content (AvgIpc) is 2.71. The smallest absolute Gasteiger partial charge is 0.0874 e. The van der Waals surface area contributed by atoms with Crippen LogP contribution in [0.4, 0.5) is 5.69 Å². The molecule has 0 aliphatic carbocycles. The number of allylic oxidation sites excluding steroid dienone is 7. The predicted octanol–water partition coefficient (Wildman–Crippen LogP) is 6.85. The number of rotatable bonds is 10. The molecule has 0 N–H and O–H groups in total. The molecule has 27 heavy (non-hydrogen) atoms. The molecule has 0 radical (unpaired) electrons. The van der Waals surface area contributed by atoms with Crippen molar-refractivity contribution in [2.24, 2.45) is 10.3 Å². The van der Waals surface area contributed by atoms with Crippen LogP contribution in [0.3, 0.4) is 0 Å². The highest BCUT2D eigenvalue weighted by Crippen LogP contribution is 2.28. The van der Waals surface area contributed by atoms with Crippen molar-refractivity contribution >= 4 is 19.6 Å². The standard InChI is InChI=1S/C23H32N3P/c1-3-5-6-7-8-10-14-22(13-4-2)27-23-17-15-21(16-18-23)24-25-26-19-11-9-12-20-26/h3-5,7-8,14-18,27H,2,6,9-13,19-20H2,1H3/b5-3-,8-7-,22-14+,25-24?. The zero-order chi connectivity index (χ0) is 19.2. The van der Waals surface area contributed by atoms with Crippen molar-refractivity contribution < 1.29 is 0 Å². The molecule has 1 heterocycles. The zero-order valence-corrected chi connectivity index (χ0v) is 17.5. The molecule has 144 valence electrons. The van der Waals surface area contributed by atoms with Gasteiger partial charge in [-0.05, 0) is 68.2 Å². The average molecular weight is 382 g/mol. The van der Waals surface area contributed by atoms with Crippen LogP contribution in [0.5, 0.6) is 0 Å². The maximum Gasteiger partial charge on any atom is 0.0874 e. The van der Waals surface area contributed by atoms with Crippen molar-refractivity contribution in [3.8, 4) is 0 Å². The second-order valence-electron chi connectivity index (χ2n) is 6.61. The third kappa shape index (κ3) is 8.97. The molecule has 1 aliphatic heterocycles. The van der Waals surface area contributed by atoms with Gasteiger partial charge in [0.05, 0.1) is 5.69 Å². The lowest BCUT2D eigenvalue weighted by Gasteiger charge is -2.21. The second-order valence-corrected chi connectivity index (χ2v) is 8.08. The lowest BCUT2D eigenvalue weighted by molar-refractivity contribution is 0.224. The lowest BCUT2D eigenvalue weighted by atomic mass is 10.2. The molecule has 1 unspecified atom stereocenters. The molecule has 1 fully saturated rings. The van der Waals surface area contributed by atoms with E-state index in [-0.39, 0.29) is 0 Å². The largest absolute Gasteiger partial charge is 0.278 e. The van der Waals surface area contributed by atoms with Crippen LogP contribution in [-0.2, 0) is 0 Å². The minimum atomic E-state index is 0.677. The van der Waals surface area contributed by atoms with Gasteiger partial charge in [-0.25, -0.2) is 0 Å². The lowest BCUT2D eigenvalue weighted by Crippen LogP contribution is -2.23. The number of hydrogen-bond donors (Lipinski definition) is 0. The van der Waals surface area contributed by atoms with Gasteiger partial charge in [-0.1, -0.05) is 62.4 Å².